The number of amides is 1. The van der Waals surface area contributed by atoms with Crippen LogP contribution in [0.25, 0.3) is 21.3 Å². The van der Waals surface area contributed by atoms with Gasteiger partial charge in [-0.1, -0.05) is 17.7 Å². The van der Waals surface area contributed by atoms with Crippen molar-refractivity contribution in [1.82, 2.24) is 9.88 Å². The number of aromatic nitrogens is 1. The average molecular weight is 579 g/mol. The minimum Gasteiger partial charge on any atom is -0.493 e. The number of nitrogens with two attached hydrogens (primary N) is 2. The van der Waals surface area contributed by atoms with Crippen molar-refractivity contribution >= 4 is 56.3 Å². The van der Waals surface area contributed by atoms with Gasteiger partial charge in [-0.05, 0) is 35.9 Å². The zero-order valence-electron chi connectivity index (χ0n) is 22.2. The number of piperazine rings is 1. The Hall–Kier alpha value is -4.40. The summed E-state index contributed by atoms with van der Waals surface area (Å²) in [4.78, 5) is 22.9. The molecule has 0 bridgehead atoms. The molecular weight excluding hydrogens is 552 g/mol. The summed E-state index contributed by atoms with van der Waals surface area (Å²) in [5.41, 5.74) is 15.3. The van der Waals surface area contributed by atoms with Gasteiger partial charge in [-0.2, -0.15) is 5.26 Å². The van der Waals surface area contributed by atoms with E-state index in [0.717, 1.165) is 17.0 Å². The Morgan fingerprint density at radius 3 is 2.30 bits per heavy atom. The van der Waals surface area contributed by atoms with Gasteiger partial charge in [0.1, 0.15) is 27.2 Å². The molecule has 1 saturated heterocycles. The van der Waals surface area contributed by atoms with Gasteiger partial charge in [-0.15, -0.1) is 11.3 Å². The van der Waals surface area contributed by atoms with Gasteiger partial charge in [0.25, 0.3) is 5.91 Å². The Morgan fingerprint density at radius 2 is 1.73 bits per heavy atom. The minimum atomic E-state index is -0.195. The fraction of sp³-hybridized carbons (Fsp3) is 0.250. The molecule has 206 valence electrons. The third-order valence-electron chi connectivity index (χ3n) is 6.90. The molecule has 40 heavy (non-hydrogen) atoms. The molecule has 5 rings (SSSR count). The molecule has 1 amide bonds. The number of anilines is 3. The van der Waals surface area contributed by atoms with Crippen LogP contribution in [0.15, 0.2) is 36.4 Å². The lowest BCUT2D eigenvalue weighted by molar-refractivity contribution is 0.0752. The van der Waals surface area contributed by atoms with Gasteiger partial charge in [0, 0.05) is 47.8 Å². The number of ether oxygens (including phenoxy) is 3. The first kappa shape index (κ1) is 27.2. The number of nitriles is 1. The predicted octanol–water partition coefficient (Wildman–Crippen LogP) is 4.64. The fourth-order valence-corrected chi connectivity index (χ4v) is 6.20. The largest absolute Gasteiger partial charge is 0.493 e. The maximum Gasteiger partial charge on any atom is 0.266 e. The standard InChI is InChI=1S/C28H27ClN6O4S/c1-37-19-11-15(12-20(38-2)24(19)39-3)21-18(14-30)26(32)33-27-22(21)23(31)25(40-27)28(36)35-9-7-34(8-10-35)17-6-4-5-16(29)13-17/h4-6,11-13H,7-10,31H2,1-3H3,(H2,32,33). The number of rotatable bonds is 6. The Kier molecular flexibility index (Phi) is 7.47. The molecule has 2 aromatic carbocycles. The zero-order valence-corrected chi connectivity index (χ0v) is 23.7. The molecule has 0 radical (unpaired) electrons. The lowest BCUT2D eigenvalue weighted by atomic mass is 9.96. The molecule has 2 aromatic heterocycles. The smallest absolute Gasteiger partial charge is 0.266 e. The van der Waals surface area contributed by atoms with Gasteiger partial charge in [-0.3, -0.25) is 4.79 Å². The number of nitrogens with zero attached hydrogens (tertiary/aromatic N) is 4. The van der Waals surface area contributed by atoms with E-state index < -0.39 is 0 Å². The van der Waals surface area contributed by atoms with Crippen LogP contribution in [-0.4, -0.2) is 63.3 Å². The van der Waals surface area contributed by atoms with E-state index in [4.69, 9.17) is 37.3 Å². The molecule has 1 fully saturated rings. The minimum absolute atomic E-state index is 0.0362. The first-order chi connectivity index (χ1) is 19.3. The lowest BCUT2D eigenvalue weighted by Gasteiger charge is -2.36. The number of methoxy groups -OCH3 is 3. The second kappa shape index (κ2) is 11.0. The number of benzene rings is 2. The van der Waals surface area contributed by atoms with E-state index in [1.54, 1.807) is 17.0 Å². The monoisotopic (exact) mass is 578 g/mol. The third-order valence-corrected chi connectivity index (χ3v) is 8.23. The van der Waals surface area contributed by atoms with Crippen molar-refractivity contribution in [1.29, 1.82) is 5.26 Å². The van der Waals surface area contributed by atoms with E-state index in [0.29, 0.717) is 74.7 Å². The molecule has 10 nitrogen and oxygen atoms in total. The molecular formula is C28H27ClN6O4S. The normalized spacial score (nSPS) is 13.3. The molecule has 0 saturated carbocycles. The number of carbonyl (C=O) groups excluding carboxylic acids is 1. The van der Waals surface area contributed by atoms with Gasteiger partial charge in [0.15, 0.2) is 11.5 Å². The highest BCUT2D eigenvalue weighted by Crippen LogP contribution is 2.47. The quantitative estimate of drug-likeness (QED) is 0.335. The summed E-state index contributed by atoms with van der Waals surface area (Å²) in [7, 11) is 4.52. The van der Waals surface area contributed by atoms with Crippen LogP contribution < -0.4 is 30.6 Å². The molecule has 1 aliphatic rings. The van der Waals surface area contributed by atoms with E-state index in [1.165, 1.54) is 21.3 Å². The van der Waals surface area contributed by atoms with Crippen molar-refractivity contribution in [2.75, 3.05) is 63.9 Å². The number of carbonyl (C=O) groups is 1. The average Bonchev–Trinajstić information content (AvgIpc) is 3.30. The van der Waals surface area contributed by atoms with Crippen LogP contribution in [0.2, 0.25) is 5.02 Å². The topological polar surface area (TPSA) is 140 Å². The summed E-state index contributed by atoms with van der Waals surface area (Å²) in [5, 5.41) is 11.2. The fourth-order valence-electron chi connectivity index (χ4n) is 4.94. The molecule has 0 aliphatic carbocycles. The second-order valence-corrected chi connectivity index (χ2v) is 10.5. The lowest BCUT2D eigenvalue weighted by Crippen LogP contribution is -2.48. The maximum atomic E-state index is 13.7. The van der Waals surface area contributed by atoms with Crippen LogP contribution in [0.3, 0.4) is 0 Å². The Labute approximate surface area is 240 Å². The van der Waals surface area contributed by atoms with E-state index in [2.05, 4.69) is 16.0 Å². The number of nitrogen functional groups attached to an aromatic ring is 2. The first-order valence-electron chi connectivity index (χ1n) is 12.3. The third kappa shape index (κ3) is 4.65. The van der Waals surface area contributed by atoms with Crippen LogP contribution in [0.4, 0.5) is 17.2 Å². The summed E-state index contributed by atoms with van der Waals surface area (Å²) >= 11 is 7.32. The Morgan fingerprint density at radius 1 is 1.05 bits per heavy atom. The Balaban J connectivity index is 1.56. The van der Waals surface area contributed by atoms with Gasteiger partial charge in [0.05, 0.1) is 27.0 Å². The van der Waals surface area contributed by atoms with Crippen molar-refractivity contribution in [3.8, 4) is 34.4 Å². The summed E-state index contributed by atoms with van der Waals surface area (Å²) < 4.78 is 16.5. The highest BCUT2D eigenvalue weighted by molar-refractivity contribution is 7.21. The first-order valence-corrected chi connectivity index (χ1v) is 13.5. The van der Waals surface area contributed by atoms with Crippen molar-refractivity contribution in [3.63, 3.8) is 0 Å². The van der Waals surface area contributed by atoms with E-state index >= 15 is 0 Å². The van der Waals surface area contributed by atoms with Gasteiger partial charge >= 0.3 is 0 Å². The number of hydrogen-bond acceptors (Lipinski definition) is 10. The molecule has 12 heteroatoms. The molecule has 0 spiro atoms. The van der Waals surface area contributed by atoms with Gasteiger partial charge in [0.2, 0.25) is 5.75 Å². The number of pyridine rings is 1. The van der Waals surface area contributed by atoms with Crippen LogP contribution in [0, 0.1) is 11.3 Å². The van der Waals surface area contributed by atoms with Gasteiger partial charge in [-0.25, -0.2) is 4.98 Å². The number of hydrogen-bond donors (Lipinski definition) is 2. The van der Waals surface area contributed by atoms with Crippen molar-refractivity contribution in [2.45, 2.75) is 0 Å². The van der Waals surface area contributed by atoms with Crippen molar-refractivity contribution in [2.24, 2.45) is 0 Å². The number of halogens is 1. The molecule has 0 atom stereocenters. The highest BCUT2D eigenvalue weighted by Gasteiger charge is 2.29. The van der Waals surface area contributed by atoms with Crippen LogP contribution >= 0.6 is 22.9 Å². The zero-order chi connectivity index (χ0) is 28.6. The van der Waals surface area contributed by atoms with E-state index in [1.807, 2.05) is 24.3 Å². The predicted molar refractivity (Wildman–Crippen MR) is 158 cm³/mol. The molecule has 3 heterocycles. The highest BCUT2D eigenvalue weighted by atomic mass is 35.5. The maximum absolute atomic E-state index is 13.7. The molecule has 4 aromatic rings. The Bertz CT molecular complexity index is 1630. The number of fused-ring (bicyclic) bond motifs is 1. The van der Waals surface area contributed by atoms with Crippen molar-refractivity contribution < 1.29 is 19.0 Å². The van der Waals surface area contributed by atoms with E-state index in [-0.39, 0.29) is 23.0 Å². The van der Waals surface area contributed by atoms with Crippen LogP contribution in [0.5, 0.6) is 17.2 Å². The van der Waals surface area contributed by atoms with Crippen LogP contribution in [0.1, 0.15) is 15.2 Å². The van der Waals surface area contributed by atoms with Gasteiger partial charge < -0.3 is 35.5 Å². The second-order valence-electron chi connectivity index (χ2n) is 9.06. The molecule has 1 aliphatic heterocycles. The number of thiophene rings is 1. The summed E-state index contributed by atoms with van der Waals surface area (Å²) in [5.74, 6) is 1.03. The molecule has 4 N–H and O–H groups in total. The van der Waals surface area contributed by atoms with Crippen molar-refractivity contribution in [3.05, 3.63) is 51.9 Å². The van der Waals surface area contributed by atoms with E-state index in [9.17, 15) is 10.1 Å². The summed E-state index contributed by atoms with van der Waals surface area (Å²) in [6.45, 7) is 2.32. The SMILES string of the molecule is COc1cc(-c2c(C#N)c(N)nc3sc(C(=O)N4CCN(c5cccc(Cl)c5)CC4)c(N)c23)cc(OC)c1OC. The van der Waals surface area contributed by atoms with Crippen LogP contribution in [-0.2, 0) is 0 Å². The summed E-state index contributed by atoms with van der Waals surface area (Å²) in [6, 6.07) is 13.2. The molecule has 0 unspecified atom stereocenters. The summed E-state index contributed by atoms with van der Waals surface area (Å²) in [6.07, 6.45) is 0.